The van der Waals surface area contributed by atoms with Crippen molar-refractivity contribution in [3.05, 3.63) is 59.7 Å². The van der Waals surface area contributed by atoms with Gasteiger partial charge in [-0.05, 0) is 44.5 Å². The quantitative estimate of drug-likeness (QED) is 0.643. The third kappa shape index (κ3) is 3.95. The van der Waals surface area contributed by atoms with E-state index in [1.807, 2.05) is 20.8 Å². The fourth-order valence-corrected chi connectivity index (χ4v) is 8.34. The van der Waals surface area contributed by atoms with Crippen LogP contribution in [-0.4, -0.2) is 57.4 Å². The second-order valence-corrected chi connectivity index (χ2v) is 13.6. The van der Waals surface area contributed by atoms with E-state index in [1.165, 1.54) is 8.61 Å². The summed E-state index contributed by atoms with van der Waals surface area (Å²) >= 11 is 0. The zero-order valence-electron chi connectivity index (χ0n) is 19.4. The third-order valence-electron chi connectivity index (χ3n) is 7.03. The largest absolute Gasteiger partial charge is 0.298 e. The Labute approximate surface area is 196 Å². The molecule has 0 N–H and O–H groups in total. The van der Waals surface area contributed by atoms with Crippen LogP contribution in [0.1, 0.15) is 31.4 Å². The molecular weight excluding hydrogens is 460 g/mol. The van der Waals surface area contributed by atoms with Crippen molar-refractivity contribution in [3.63, 3.8) is 0 Å². The minimum absolute atomic E-state index is 0.0337. The number of fused-ring (bicyclic) bond motifs is 2. The minimum Gasteiger partial charge on any atom is -0.298 e. The molecule has 2 saturated heterocycles. The van der Waals surface area contributed by atoms with Gasteiger partial charge in [-0.25, -0.2) is 16.8 Å². The average Bonchev–Trinajstić information content (AvgIpc) is 2.75. The number of benzene rings is 2. The Kier molecular flexibility index (Phi) is 5.84. The van der Waals surface area contributed by atoms with Crippen LogP contribution in [-0.2, 0) is 24.8 Å². The summed E-state index contributed by atoms with van der Waals surface area (Å²) in [7, 11) is -7.65. The van der Waals surface area contributed by atoms with Crippen LogP contribution in [0.25, 0.3) is 0 Å². The average molecular weight is 491 g/mol. The third-order valence-corrected chi connectivity index (χ3v) is 10.6. The van der Waals surface area contributed by atoms with E-state index in [1.54, 1.807) is 55.5 Å². The molecule has 7 nitrogen and oxygen atoms in total. The van der Waals surface area contributed by atoms with Gasteiger partial charge < -0.3 is 0 Å². The highest BCUT2D eigenvalue weighted by atomic mass is 32.2. The zero-order chi connectivity index (χ0) is 24.2. The van der Waals surface area contributed by atoms with Gasteiger partial charge in [0.1, 0.15) is 5.78 Å². The van der Waals surface area contributed by atoms with Crippen molar-refractivity contribution in [3.8, 4) is 0 Å². The van der Waals surface area contributed by atoms with Gasteiger partial charge in [-0.1, -0.05) is 49.2 Å². The van der Waals surface area contributed by atoms with E-state index >= 15 is 0 Å². The van der Waals surface area contributed by atoms with Gasteiger partial charge in [0.05, 0.1) is 20.6 Å². The van der Waals surface area contributed by atoms with Crippen molar-refractivity contribution in [2.24, 2.45) is 10.8 Å². The van der Waals surface area contributed by atoms with E-state index in [2.05, 4.69) is 0 Å². The number of Topliss-reactive ketones (excluding diaryl/α,β-unsaturated/α-hetero) is 1. The molecule has 2 aromatic rings. The molecule has 0 aliphatic carbocycles. The number of hydrogen-bond acceptors (Lipinski definition) is 5. The summed E-state index contributed by atoms with van der Waals surface area (Å²) in [5.74, 6) is -0.0526. The number of aryl methyl sites for hydroxylation is 2. The van der Waals surface area contributed by atoms with Crippen molar-refractivity contribution < 1.29 is 21.6 Å². The first-order valence-electron chi connectivity index (χ1n) is 11.0. The van der Waals surface area contributed by atoms with Gasteiger partial charge in [0, 0.05) is 26.2 Å². The van der Waals surface area contributed by atoms with E-state index in [0.717, 1.165) is 11.1 Å². The van der Waals surface area contributed by atoms with Gasteiger partial charge in [-0.15, -0.1) is 0 Å². The van der Waals surface area contributed by atoms with E-state index < -0.39 is 30.9 Å². The highest BCUT2D eigenvalue weighted by Gasteiger charge is 2.60. The number of sulfonamides is 2. The van der Waals surface area contributed by atoms with Crippen molar-refractivity contribution >= 4 is 25.8 Å². The van der Waals surface area contributed by atoms with E-state index in [0.29, 0.717) is 6.42 Å². The number of hydrogen-bond donors (Lipinski definition) is 0. The number of carbonyl (C=O) groups is 1. The Hall–Kier alpha value is -2.07. The second kappa shape index (κ2) is 8.01. The van der Waals surface area contributed by atoms with Gasteiger partial charge in [-0.2, -0.15) is 8.61 Å². The monoisotopic (exact) mass is 490 g/mol. The molecule has 0 spiro atoms. The molecule has 0 aromatic heterocycles. The smallest absolute Gasteiger partial charge is 0.243 e. The molecule has 2 aliphatic heterocycles. The lowest BCUT2D eigenvalue weighted by Gasteiger charge is -2.55. The second-order valence-electron chi connectivity index (χ2n) is 9.70. The van der Waals surface area contributed by atoms with Crippen LogP contribution >= 0.6 is 0 Å². The Morgan fingerprint density at radius 3 is 1.42 bits per heavy atom. The van der Waals surface area contributed by atoms with Crippen molar-refractivity contribution in [1.82, 2.24) is 8.61 Å². The normalized spacial score (nSPS) is 27.0. The Bertz CT molecular complexity index is 1200. The number of carbonyl (C=O) groups excluding carboxylic acids is 1. The molecule has 2 fully saturated rings. The van der Waals surface area contributed by atoms with Crippen molar-refractivity contribution in [1.29, 1.82) is 0 Å². The number of ketones is 1. The summed E-state index contributed by atoms with van der Waals surface area (Å²) in [6, 6.07) is 13.3. The molecule has 2 bridgehead atoms. The maximum Gasteiger partial charge on any atom is 0.243 e. The molecule has 4 rings (SSSR count). The Morgan fingerprint density at radius 2 is 1.09 bits per heavy atom. The molecule has 0 amide bonds. The van der Waals surface area contributed by atoms with E-state index in [9.17, 15) is 21.6 Å². The summed E-state index contributed by atoms with van der Waals surface area (Å²) in [5.41, 5.74) is -0.329. The fourth-order valence-electron chi connectivity index (χ4n) is 5.04. The Balaban J connectivity index is 1.72. The summed E-state index contributed by atoms with van der Waals surface area (Å²) in [5, 5.41) is 0. The van der Waals surface area contributed by atoms with E-state index in [-0.39, 0.29) is 41.8 Å². The van der Waals surface area contributed by atoms with Crippen molar-refractivity contribution in [2.45, 2.75) is 43.9 Å². The molecule has 0 saturated carbocycles. The van der Waals surface area contributed by atoms with Crippen LogP contribution in [0.4, 0.5) is 0 Å². The molecule has 0 atom stereocenters. The fraction of sp³-hybridized carbons (Fsp3) is 0.458. The molecule has 2 aromatic carbocycles. The molecule has 0 radical (unpaired) electrons. The molecule has 2 aliphatic rings. The molecular formula is C24H30N2O5S2. The van der Waals surface area contributed by atoms with Crippen LogP contribution in [0.2, 0.25) is 0 Å². The molecule has 33 heavy (non-hydrogen) atoms. The lowest BCUT2D eigenvalue weighted by Crippen LogP contribution is -2.70. The van der Waals surface area contributed by atoms with Crippen LogP contribution in [0.5, 0.6) is 0 Å². The molecule has 9 heteroatoms. The number of nitrogens with zero attached hydrogens (tertiary/aromatic N) is 2. The predicted octanol–water partition coefficient (Wildman–Crippen LogP) is 2.98. The first-order chi connectivity index (χ1) is 15.3. The lowest BCUT2D eigenvalue weighted by molar-refractivity contribution is -0.151. The van der Waals surface area contributed by atoms with Crippen molar-refractivity contribution in [2.75, 3.05) is 26.2 Å². The lowest BCUT2D eigenvalue weighted by atomic mass is 9.63. The summed E-state index contributed by atoms with van der Waals surface area (Å²) in [6.07, 6.45) is 0.348. The summed E-state index contributed by atoms with van der Waals surface area (Å²) in [6.45, 7) is 7.11. The van der Waals surface area contributed by atoms with Crippen LogP contribution in [0.15, 0.2) is 58.3 Å². The first kappa shape index (κ1) is 24.1. The standard InChI is InChI=1S/C24H30N2O5S2/c1-5-24-16-25(32(28,29)20-10-6-18(2)7-11-20)14-23(4,22(24)27)15-26(17-24)33(30,31)21-12-8-19(3)9-13-21/h6-13H,5,14-17H2,1-4H3. The number of piperidine rings is 2. The maximum atomic E-state index is 13.5. The highest BCUT2D eigenvalue weighted by Crippen LogP contribution is 2.47. The van der Waals surface area contributed by atoms with E-state index in [4.69, 9.17) is 0 Å². The van der Waals surface area contributed by atoms with Gasteiger partial charge in [-0.3, -0.25) is 4.79 Å². The first-order valence-corrected chi connectivity index (χ1v) is 13.9. The SMILES string of the molecule is CCC12CN(S(=O)(=O)c3ccc(C)cc3)CC(C)(CN(S(=O)(=O)c3ccc(C)cc3)C1)C2=O. The molecule has 2 heterocycles. The molecule has 0 unspecified atom stereocenters. The Morgan fingerprint density at radius 1 is 0.727 bits per heavy atom. The summed E-state index contributed by atoms with van der Waals surface area (Å²) < 4.78 is 56.6. The minimum atomic E-state index is -3.83. The van der Waals surface area contributed by atoms with Gasteiger partial charge >= 0.3 is 0 Å². The number of rotatable bonds is 5. The van der Waals surface area contributed by atoms with Gasteiger partial charge in [0.2, 0.25) is 20.0 Å². The maximum absolute atomic E-state index is 13.5. The van der Waals surface area contributed by atoms with Gasteiger partial charge in [0.15, 0.2) is 0 Å². The molecule has 178 valence electrons. The van der Waals surface area contributed by atoms with Crippen LogP contribution in [0, 0.1) is 24.7 Å². The zero-order valence-corrected chi connectivity index (χ0v) is 21.0. The van der Waals surface area contributed by atoms with Gasteiger partial charge in [0.25, 0.3) is 0 Å². The van der Waals surface area contributed by atoms with Crippen LogP contribution in [0.3, 0.4) is 0 Å². The topological polar surface area (TPSA) is 91.8 Å². The predicted molar refractivity (Wildman–Crippen MR) is 126 cm³/mol. The highest BCUT2D eigenvalue weighted by molar-refractivity contribution is 7.89. The van der Waals surface area contributed by atoms with Crippen LogP contribution < -0.4 is 0 Å². The summed E-state index contributed by atoms with van der Waals surface area (Å²) in [4.78, 5) is 13.9.